The van der Waals surface area contributed by atoms with Crippen LogP contribution < -0.4 is 5.32 Å². The van der Waals surface area contributed by atoms with Crippen molar-refractivity contribution in [3.8, 4) is 11.8 Å². The van der Waals surface area contributed by atoms with Crippen LogP contribution in [0.2, 0.25) is 0 Å². The number of carbonyl (C=O) groups is 1. The number of rotatable bonds is 3. The molecule has 0 aliphatic rings. The van der Waals surface area contributed by atoms with Gasteiger partial charge >= 0.3 is 6.18 Å². The number of hydrogen-bond donors (Lipinski definition) is 1. The third-order valence-corrected chi connectivity index (χ3v) is 4.45. The van der Waals surface area contributed by atoms with E-state index in [1.807, 2.05) is 0 Å². The van der Waals surface area contributed by atoms with E-state index < -0.39 is 27.5 Å². The molecule has 0 aromatic heterocycles. The predicted molar refractivity (Wildman–Crippen MR) is 90.2 cm³/mol. The number of nitrogens with one attached hydrogen (secondary N) is 1. The van der Waals surface area contributed by atoms with Crippen LogP contribution in [0.15, 0.2) is 53.4 Å². The molecule has 0 spiro atoms. The van der Waals surface area contributed by atoms with Gasteiger partial charge in [0.15, 0.2) is 9.84 Å². The Labute approximate surface area is 149 Å². The number of alkyl halides is 3. The van der Waals surface area contributed by atoms with E-state index in [1.54, 1.807) is 0 Å². The zero-order chi connectivity index (χ0) is 19.4. The number of benzene rings is 2. The Morgan fingerprint density at radius 3 is 2.46 bits per heavy atom. The average molecular weight is 381 g/mol. The molecule has 2 rings (SSSR count). The molecule has 0 bridgehead atoms. The summed E-state index contributed by atoms with van der Waals surface area (Å²) in [7, 11) is -3.57. The highest BCUT2D eigenvalue weighted by Crippen LogP contribution is 2.29. The largest absolute Gasteiger partial charge is 0.416 e. The molecule has 26 heavy (non-hydrogen) atoms. The zero-order valence-electron chi connectivity index (χ0n) is 13.6. The van der Waals surface area contributed by atoms with Crippen LogP contribution in [0.25, 0.3) is 0 Å². The molecule has 2 aromatic carbocycles. The molecule has 2 aromatic rings. The van der Waals surface area contributed by atoms with Crippen molar-refractivity contribution in [2.75, 3.05) is 12.8 Å². The Hall–Kier alpha value is -2.79. The molecule has 1 amide bonds. The lowest BCUT2D eigenvalue weighted by Gasteiger charge is -2.07. The Morgan fingerprint density at radius 1 is 1.12 bits per heavy atom. The summed E-state index contributed by atoms with van der Waals surface area (Å²) < 4.78 is 61.3. The summed E-state index contributed by atoms with van der Waals surface area (Å²) >= 11 is 0. The first-order valence-corrected chi connectivity index (χ1v) is 9.21. The molecule has 0 saturated heterocycles. The van der Waals surface area contributed by atoms with Crippen LogP contribution in [-0.4, -0.2) is 27.1 Å². The van der Waals surface area contributed by atoms with Crippen molar-refractivity contribution in [1.82, 2.24) is 5.32 Å². The summed E-state index contributed by atoms with van der Waals surface area (Å²) in [6.07, 6.45) is -3.46. The fourth-order valence-corrected chi connectivity index (χ4v) is 3.00. The molecule has 0 aliphatic heterocycles. The molecule has 0 atom stereocenters. The van der Waals surface area contributed by atoms with Gasteiger partial charge in [-0.25, -0.2) is 8.42 Å². The van der Waals surface area contributed by atoms with Gasteiger partial charge in [-0.3, -0.25) is 4.79 Å². The van der Waals surface area contributed by atoms with E-state index in [4.69, 9.17) is 0 Å². The van der Waals surface area contributed by atoms with Gasteiger partial charge in [-0.05, 0) is 30.3 Å². The highest BCUT2D eigenvalue weighted by Gasteiger charge is 2.30. The standard InChI is InChI=1S/C18H14F3NO3S/c1-26(24,25)16-10-3-2-9-15(16)17(23)22-11-5-7-13-6-4-8-14(12-13)18(19,20)21/h2-4,6,8-10,12H,11H2,1H3,(H,22,23). The number of amides is 1. The molecule has 4 nitrogen and oxygen atoms in total. The maximum atomic E-state index is 12.6. The van der Waals surface area contributed by atoms with Gasteiger partial charge in [0.25, 0.3) is 5.91 Å². The fraction of sp³-hybridized carbons (Fsp3) is 0.167. The third kappa shape index (κ3) is 5.10. The van der Waals surface area contributed by atoms with E-state index in [0.717, 1.165) is 18.4 Å². The zero-order valence-corrected chi connectivity index (χ0v) is 14.4. The van der Waals surface area contributed by atoms with Crippen LogP contribution in [0.3, 0.4) is 0 Å². The van der Waals surface area contributed by atoms with E-state index in [2.05, 4.69) is 17.2 Å². The van der Waals surface area contributed by atoms with Gasteiger partial charge in [0.2, 0.25) is 0 Å². The quantitative estimate of drug-likeness (QED) is 0.832. The Balaban J connectivity index is 2.09. The fourth-order valence-electron chi connectivity index (χ4n) is 2.12. The molecule has 1 N–H and O–H groups in total. The lowest BCUT2D eigenvalue weighted by Crippen LogP contribution is -2.25. The molecule has 0 saturated carbocycles. The van der Waals surface area contributed by atoms with Crippen LogP contribution in [-0.2, 0) is 16.0 Å². The van der Waals surface area contributed by atoms with E-state index in [-0.39, 0.29) is 22.6 Å². The second-order valence-corrected chi connectivity index (χ2v) is 7.32. The first-order valence-electron chi connectivity index (χ1n) is 7.32. The monoisotopic (exact) mass is 381 g/mol. The lowest BCUT2D eigenvalue weighted by molar-refractivity contribution is -0.137. The Kier molecular flexibility index (Phi) is 5.73. The molecular weight excluding hydrogens is 367 g/mol. The van der Waals surface area contributed by atoms with Crippen molar-refractivity contribution < 1.29 is 26.4 Å². The summed E-state index contributed by atoms with van der Waals surface area (Å²) in [6.45, 7) is -0.146. The highest BCUT2D eigenvalue weighted by atomic mass is 32.2. The lowest BCUT2D eigenvalue weighted by atomic mass is 10.1. The van der Waals surface area contributed by atoms with Gasteiger partial charge in [0.1, 0.15) is 0 Å². The number of hydrogen-bond acceptors (Lipinski definition) is 3. The van der Waals surface area contributed by atoms with Crippen molar-refractivity contribution in [2.24, 2.45) is 0 Å². The second kappa shape index (κ2) is 7.62. The second-order valence-electron chi connectivity index (χ2n) is 5.33. The first-order chi connectivity index (χ1) is 12.1. The maximum Gasteiger partial charge on any atom is 0.416 e. The average Bonchev–Trinajstić information content (AvgIpc) is 2.57. The van der Waals surface area contributed by atoms with Crippen LogP contribution in [0, 0.1) is 11.8 Å². The number of carbonyl (C=O) groups excluding carboxylic acids is 1. The van der Waals surface area contributed by atoms with Crippen LogP contribution >= 0.6 is 0 Å². The van der Waals surface area contributed by atoms with Crippen LogP contribution in [0.5, 0.6) is 0 Å². The summed E-state index contributed by atoms with van der Waals surface area (Å²) in [6, 6.07) is 10.2. The van der Waals surface area contributed by atoms with E-state index in [1.165, 1.54) is 36.4 Å². The van der Waals surface area contributed by atoms with Gasteiger partial charge in [0.05, 0.1) is 22.6 Å². The van der Waals surface area contributed by atoms with Crippen LogP contribution in [0.4, 0.5) is 13.2 Å². The normalized spacial score (nSPS) is 11.4. The molecule has 0 fully saturated rings. The molecule has 0 radical (unpaired) electrons. The summed E-state index contributed by atoms with van der Waals surface area (Å²) in [4.78, 5) is 12.0. The third-order valence-electron chi connectivity index (χ3n) is 3.29. The predicted octanol–water partition coefficient (Wildman–Crippen LogP) is 2.89. The SMILES string of the molecule is CS(=O)(=O)c1ccccc1C(=O)NCC#Cc1cccc(C(F)(F)F)c1. The van der Waals surface area contributed by atoms with Crippen molar-refractivity contribution in [1.29, 1.82) is 0 Å². The molecule has 0 unspecified atom stereocenters. The smallest absolute Gasteiger partial charge is 0.341 e. The van der Waals surface area contributed by atoms with Gasteiger partial charge in [-0.2, -0.15) is 13.2 Å². The van der Waals surface area contributed by atoms with Gasteiger partial charge in [0, 0.05) is 11.8 Å². The molecule has 0 aliphatic carbocycles. The molecular formula is C18H14F3NO3S. The molecule has 8 heteroatoms. The topological polar surface area (TPSA) is 63.2 Å². The maximum absolute atomic E-state index is 12.6. The minimum absolute atomic E-state index is 0.0177. The Bertz CT molecular complexity index is 986. The highest BCUT2D eigenvalue weighted by molar-refractivity contribution is 7.90. The first kappa shape index (κ1) is 19.5. The summed E-state index contributed by atoms with van der Waals surface area (Å²) in [5.74, 6) is 4.43. The van der Waals surface area contributed by atoms with Crippen molar-refractivity contribution in [2.45, 2.75) is 11.1 Å². The van der Waals surface area contributed by atoms with E-state index >= 15 is 0 Å². The Morgan fingerprint density at radius 2 is 1.81 bits per heavy atom. The minimum Gasteiger partial charge on any atom is -0.341 e. The van der Waals surface area contributed by atoms with Crippen molar-refractivity contribution in [3.05, 3.63) is 65.2 Å². The minimum atomic E-state index is -4.46. The van der Waals surface area contributed by atoms with Gasteiger partial charge in [-0.1, -0.05) is 30.0 Å². The van der Waals surface area contributed by atoms with E-state index in [9.17, 15) is 26.4 Å². The molecule has 136 valence electrons. The van der Waals surface area contributed by atoms with Crippen molar-refractivity contribution >= 4 is 15.7 Å². The summed E-state index contributed by atoms with van der Waals surface area (Å²) in [5.41, 5.74) is -0.670. The van der Waals surface area contributed by atoms with Gasteiger partial charge < -0.3 is 5.32 Å². The number of sulfone groups is 1. The van der Waals surface area contributed by atoms with Crippen molar-refractivity contribution in [3.63, 3.8) is 0 Å². The molecule has 0 heterocycles. The number of halogens is 3. The summed E-state index contributed by atoms with van der Waals surface area (Å²) in [5, 5.41) is 2.43. The van der Waals surface area contributed by atoms with Crippen LogP contribution in [0.1, 0.15) is 21.5 Å². The van der Waals surface area contributed by atoms with Gasteiger partial charge in [-0.15, -0.1) is 0 Å². The van der Waals surface area contributed by atoms with E-state index in [0.29, 0.717) is 0 Å².